The first-order valence-corrected chi connectivity index (χ1v) is 10.3. The molecule has 1 saturated heterocycles. The maximum absolute atomic E-state index is 13.2. The molecule has 0 radical (unpaired) electrons. The predicted molar refractivity (Wildman–Crippen MR) is 111 cm³/mol. The molecule has 0 bridgehead atoms. The molecule has 30 heavy (non-hydrogen) atoms. The van der Waals surface area contributed by atoms with E-state index in [2.05, 4.69) is 5.32 Å². The molecular weight excluding hydrogens is 404 g/mol. The minimum atomic E-state index is -1.28. The number of imide groups is 1. The first-order chi connectivity index (χ1) is 14.4. The number of ketones is 1. The van der Waals surface area contributed by atoms with Crippen molar-refractivity contribution in [1.29, 1.82) is 0 Å². The van der Waals surface area contributed by atoms with Crippen LogP contribution >= 0.6 is 11.3 Å². The number of rotatable bonds is 4. The van der Waals surface area contributed by atoms with Gasteiger partial charge in [-0.25, -0.2) is 4.79 Å². The van der Waals surface area contributed by atoms with Gasteiger partial charge in [-0.05, 0) is 48.6 Å². The van der Waals surface area contributed by atoms with E-state index in [0.29, 0.717) is 21.9 Å². The molecule has 2 aromatic carbocycles. The third-order valence-electron chi connectivity index (χ3n) is 5.62. The summed E-state index contributed by atoms with van der Waals surface area (Å²) >= 11 is 1.38. The van der Waals surface area contributed by atoms with Crippen LogP contribution in [0.3, 0.4) is 0 Å². The topological polar surface area (TPSA) is 84.9 Å². The van der Waals surface area contributed by atoms with E-state index in [1.165, 1.54) is 11.3 Å². The van der Waals surface area contributed by atoms with Crippen molar-refractivity contribution in [3.8, 4) is 11.5 Å². The van der Waals surface area contributed by atoms with E-state index in [0.717, 1.165) is 20.5 Å². The van der Waals surface area contributed by atoms with E-state index in [4.69, 9.17) is 9.47 Å². The number of amides is 3. The number of hydrogen-bond donors (Lipinski definition) is 1. The summed E-state index contributed by atoms with van der Waals surface area (Å²) in [6, 6.07) is 12.3. The highest BCUT2D eigenvalue weighted by Gasteiger charge is 2.50. The molecule has 5 rings (SSSR count). The molecule has 0 spiro atoms. The first-order valence-electron chi connectivity index (χ1n) is 9.44. The molecule has 0 aliphatic carbocycles. The van der Waals surface area contributed by atoms with Gasteiger partial charge in [-0.2, -0.15) is 0 Å². The standard InChI is InChI=1S/C22H18N2O5S/c1-12-14-5-3-4-6-18(14)30-19(12)15(25)10-24-20(26)22(2,23-21(24)27)13-7-8-16-17(9-13)29-11-28-16/h3-9H,10-11H2,1-2H3,(H,23,27). The Bertz CT molecular complexity index is 1230. The van der Waals surface area contributed by atoms with Gasteiger partial charge in [0.05, 0.1) is 11.4 Å². The highest BCUT2D eigenvalue weighted by molar-refractivity contribution is 7.21. The van der Waals surface area contributed by atoms with Crippen LogP contribution in [0.25, 0.3) is 10.1 Å². The molecule has 1 atom stereocenters. The summed E-state index contributed by atoms with van der Waals surface area (Å²) in [7, 11) is 0. The van der Waals surface area contributed by atoms with Gasteiger partial charge in [0.25, 0.3) is 5.91 Å². The number of carbonyl (C=O) groups is 3. The average molecular weight is 422 g/mol. The van der Waals surface area contributed by atoms with Gasteiger partial charge in [0, 0.05) is 4.70 Å². The number of carbonyl (C=O) groups excluding carboxylic acids is 3. The second-order valence-corrected chi connectivity index (χ2v) is 8.54. The summed E-state index contributed by atoms with van der Waals surface area (Å²) in [4.78, 5) is 40.3. The number of benzene rings is 2. The molecule has 1 aromatic heterocycles. The number of Topliss-reactive ketones (excluding diaryl/α,β-unsaturated/α-hetero) is 1. The Kier molecular flexibility index (Phi) is 4.08. The zero-order valence-electron chi connectivity index (χ0n) is 16.4. The van der Waals surface area contributed by atoms with Gasteiger partial charge in [-0.3, -0.25) is 14.5 Å². The largest absolute Gasteiger partial charge is 0.454 e. The molecule has 3 aromatic rings. The number of hydrogen-bond acceptors (Lipinski definition) is 6. The second-order valence-electron chi connectivity index (χ2n) is 7.49. The summed E-state index contributed by atoms with van der Waals surface area (Å²) in [5.41, 5.74) is 0.150. The number of fused-ring (bicyclic) bond motifs is 2. The van der Waals surface area contributed by atoms with Gasteiger partial charge < -0.3 is 14.8 Å². The third kappa shape index (κ3) is 2.68. The number of urea groups is 1. The minimum absolute atomic E-state index is 0.116. The lowest BCUT2D eigenvalue weighted by molar-refractivity contribution is -0.130. The fourth-order valence-corrected chi connectivity index (χ4v) is 5.04. The van der Waals surface area contributed by atoms with Crippen molar-refractivity contribution in [1.82, 2.24) is 10.2 Å². The Balaban J connectivity index is 1.43. The number of thiophene rings is 1. The van der Waals surface area contributed by atoms with Crippen molar-refractivity contribution in [2.75, 3.05) is 13.3 Å². The summed E-state index contributed by atoms with van der Waals surface area (Å²) in [5, 5.41) is 3.74. The van der Waals surface area contributed by atoms with Crippen LogP contribution in [0.1, 0.15) is 27.7 Å². The molecule has 1 N–H and O–H groups in total. The van der Waals surface area contributed by atoms with Gasteiger partial charge in [0.15, 0.2) is 17.3 Å². The molecular formula is C22H18N2O5S. The Morgan fingerprint density at radius 3 is 2.73 bits per heavy atom. The van der Waals surface area contributed by atoms with Crippen molar-refractivity contribution in [3.63, 3.8) is 0 Å². The zero-order chi connectivity index (χ0) is 21.0. The molecule has 3 heterocycles. The Labute approximate surface area is 176 Å². The van der Waals surface area contributed by atoms with Crippen LogP contribution in [0.5, 0.6) is 11.5 Å². The summed E-state index contributed by atoms with van der Waals surface area (Å²) in [5.74, 6) is 0.378. The fraction of sp³-hybridized carbons (Fsp3) is 0.227. The summed E-state index contributed by atoms with van der Waals surface area (Å²) < 4.78 is 11.7. The van der Waals surface area contributed by atoms with E-state index >= 15 is 0 Å². The van der Waals surface area contributed by atoms with Gasteiger partial charge in [0.2, 0.25) is 6.79 Å². The smallest absolute Gasteiger partial charge is 0.325 e. The predicted octanol–water partition coefficient (Wildman–Crippen LogP) is 3.59. The van der Waals surface area contributed by atoms with E-state index in [1.807, 2.05) is 31.2 Å². The molecule has 2 aliphatic heterocycles. The number of nitrogens with one attached hydrogen (secondary N) is 1. The average Bonchev–Trinajstić information content (AvgIpc) is 3.40. The van der Waals surface area contributed by atoms with Crippen LogP contribution in [-0.4, -0.2) is 36.0 Å². The lowest BCUT2D eigenvalue weighted by atomic mass is 9.91. The van der Waals surface area contributed by atoms with Crippen LogP contribution in [0, 0.1) is 6.92 Å². The van der Waals surface area contributed by atoms with Gasteiger partial charge in [-0.15, -0.1) is 11.3 Å². The summed E-state index contributed by atoms with van der Waals surface area (Å²) in [6.45, 7) is 3.32. The maximum Gasteiger partial charge on any atom is 0.325 e. The molecule has 3 amide bonds. The van der Waals surface area contributed by atoms with E-state index in [9.17, 15) is 14.4 Å². The van der Waals surface area contributed by atoms with E-state index < -0.39 is 17.5 Å². The Hall–Kier alpha value is -3.39. The lowest BCUT2D eigenvalue weighted by Gasteiger charge is -2.22. The minimum Gasteiger partial charge on any atom is -0.454 e. The Morgan fingerprint density at radius 1 is 1.17 bits per heavy atom. The molecule has 1 unspecified atom stereocenters. The van der Waals surface area contributed by atoms with Gasteiger partial charge in [0.1, 0.15) is 5.54 Å². The number of ether oxygens (including phenoxy) is 2. The lowest BCUT2D eigenvalue weighted by Crippen LogP contribution is -2.41. The quantitative estimate of drug-likeness (QED) is 0.513. The van der Waals surface area contributed by atoms with Crippen molar-refractivity contribution >= 4 is 39.1 Å². The molecule has 0 saturated carbocycles. The van der Waals surface area contributed by atoms with Crippen molar-refractivity contribution < 1.29 is 23.9 Å². The van der Waals surface area contributed by atoms with Crippen LogP contribution < -0.4 is 14.8 Å². The SMILES string of the molecule is Cc1c(C(=O)CN2C(=O)NC(C)(c3ccc4c(c3)OCO4)C2=O)sc2ccccc12. The maximum atomic E-state index is 13.2. The van der Waals surface area contributed by atoms with Crippen molar-refractivity contribution in [2.24, 2.45) is 0 Å². The zero-order valence-corrected chi connectivity index (χ0v) is 17.2. The van der Waals surface area contributed by atoms with Crippen LogP contribution in [0.4, 0.5) is 4.79 Å². The van der Waals surface area contributed by atoms with Gasteiger partial charge in [-0.1, -0.05) is 24.3 Å². The first kappa shape index (κ1) is 18.6. The van der Waals surface area contributed by atoms with E-state index in [-0.39, 0.29) is 19.1 Å². The number of nitrogens with zero attached hydrogens (tertiary/aromatic N) is 1. The Morgan fingerprint density at radius 2 is 1.93 bits per heavy atom. The van der Waals surface area contributed by atoms with Crippen LogP contribution in [-0.2, 0) is 10.3 Å². The van der Waals surface area contributed by atoms with E-state index in [1.54, 1.807) is 25.1 Å². The highest BCUT2D eigenvalue weighted by atomic mass is 32.1. The van der Waals surface area contributed by atoms with Crippen LogP contribution in [0.15, 0.2) is 42.5 Å². The normalized spacial score (nSPS) is 20.1. The molecule has 7 nitrogen and oxygen atoms in total. The molecule has 2 aliphatic rings. The third-order valence-corrected chi connectivity index (χ3v) is 6.94. The fourth-order valence-electron chi connectivity index (χ4n) is 3.90. The number of aryl methyl sites for hydroxylation is 1. The highest BCUT2D eigenvalue weighted by Crippen LogP contribution is 2.38. The molecule has 1 fully saturated rings. The van der Waals surface area contributed by atoms with Gasteiger partial charge >= 0.3 is 6.03 Å². The van der Waals surface area contributed by atoms with Crippen LogP contribution in [0.2, 0.25) is 0 Å². The molecule has 152 valence electrons. The summed E-state index contributed by atoms with van der Waals surface area (Å²) in [6.07, 6.45) is 0. The second kappa shape index (κ2) is 6.56. The van der Waals surface area contributed by atoms with Crippen molar-refractivity contribution in [2.45, 2.75) is 19.4 Å². The molecule has 8 heteroatoms. The monoisotopic (exact) mass is 422 g/mol. The van der Waals surface area contributed by atoms with Crippen molar-refractivity contribution in [3.05, 3.63) is 58.5 Å².